The first kappa shape index (κ1) is 20.8. The molecule has 5 nitrogen and oxygen atoms in total. The van der Waals surface area contributed by atoms with E-state index in [0.29, 0.717) is 23.4 Å². The number of carbonyl (C=O) groups excluding carboxylic acids is 2. The fourth-order valence-corrected chi connectivity index (χ4v) is 3.88. The van der Waals surface area contributed by atoms with Crippen LogP contribution >= 0.6 is 0 Å². The summed E-state index contributed by atoms with van der Waals surface area (Å²) in [7, 11) is 1.32. The van der Waals surface area contributed by atoms with Gasteiger partial charge in [-0.1, -0.05) is 24.3 Å². The summed E-state index contributed by atoms with van der Waals surface area (Å²) in [6, 6.07) is 20.1. The predicted octanol–water partition coefficient (Wildman–Crippen LogP) is 4.92. The fourth-order valence-electron chi connectivity index (χ4n) is 3.88. The summed E-state index contributed by atoms with van der Waals surface area (Å²) in [5, 5.41) is 2.81. The Morgan fingerprint density at radius 2 is 1.48 bits per heavy atom. The zero-order chi connectivity index (χ0) is 21.8. The normalized spacial score (nSPS) is 17.9. The lowest BCUT2D eigenvalue weighted by Gasteiger charge is -2.30. The van der Waals surface area contributed by atoms with Gasteiger partial charge < -0.3 is 14.8 Å². The lowest BCUT2D eigenvalue weighted by atomic mass is 9.83. The maximum absolute atomic E-state index is 13.4. The Morgan fingerprint density at radius 1 is 0.903 bits per heavy atom. The van der Waals surface area contributed by atoms with E-state index in [4.69, 9.17) is 4.74 Å². The first-order valence-electron chi connectivity index (χ1n) is 10.0. The lowest BCUT2D eigenvalue weighted by Crippen LogP contribution is -2.26. The molecule has 1 aliphatic rings. The maximum Gasteiger partial charge on any atom is 0.337 e. The second-order valence-corrected chi connectivity index (χ2v) is 7.39. The molecule has 6 heteroatoms. The number of benzene rings is 3. The predicted molar refractivity (Wildman–Crippen MR) is 115 cm³/mol. The van der Waals surface area contributed by atoms with Gasteiger partial charge in [0.2, 0.25) is 0 Å². The van der Waals surface area contributed by atoms with Crippen LogP contribution in [-0.2, 0) is 15.1 Å². The fraction of sp³-hybridized carbons (Fsp3) is 0.200. The number of methoxy groups -OCH3 is 1. The van der Waals surface area contributed by atoms with Gasteiger partial charge in [0.15, 0.2) is 0 Å². The SMILES string of the molecule is COC(=O)c1ccc(NC(=O)c2ccc(C3(c4ccc(F)cc4)CCCO3)cc2)cc1. The number of anilines is 1. The highest BCUT2D eigenvalue weighted by Crippen LogP contribution is 2.42. The molecular weight excluding hydrogens is 397 g/mol. The van der Waals surface area contributed by atoms with Crippen molar-refractivity contribution in [2.24, 2.45) is 0 Å². The largest absolute Gasteiger partial charge is 0.465 e. The summed E-state index contributed by atoms with van der Waals surface area (Å²) >= 11 is 0. The number of carbonyl (C=O) groups is 2. The van der Waals surface area contributed by atoms with Crippen LogP contribution in [0.5, 0.6) is 0 Å². The minimum atomic E-state index is -0.633. The van der Waals surface area contributed by atoms with Crippen LogP contribution in [0.4, 0.5) is 10.1 Å². The molecule has 4 rings (SSSR count). The highest BCUT2D eigenvalue weighted by molar-refractivity contribution is 6.04. The molecule has 0 aliphatic carbocycles. The third-order valence-electron chi connectivity index (χ3n) is 5.51. The molecule has 1 aliphatic heterocycles. The van der Waals surface area contributed by atoms with Gasteiger partial charge in [0, 0.05) is 17.9 Å². The number of hydrogen-bond donors (Lipinski definition) is 1. The minimum absolute atomic E-state index is 0.263. The van der Waals surface area contributed by atoms with Crippen LogP contribution in [0, 0.1) is 5.82 Å². The highest BCUT2D eigenvalue weighted by Gasteiger charge is 2.38. The monoisotopic (exact) mass is 419 g/mol. The van der Waals surface area contributed by atoms with Gasteiger partial charge in [-0.05, 0) is 72.5 Å². The summed E-state index contributed by atoms with van der Waals surface area (Å²) < 4.78 is 24.2. The van der Waals surface area contributed by atoms with Gasteiger partial charge >= 0.3 is 5.97 Å². The zero-order valence-electron chi connectivity index (χ0n) is 17.1. The average Bonchev–Trinajstić information content (AvgIpc) is 3.31. The van der Waals surface area contributed by atoms with Gasteiger partial charge in [-0.2, -0.15) is 0 Å². The third kappa shape index (κ3) is 4.20. The van der Waals surface area contributed by atoms with Gasteiger partial charge in [-0.15, -0.1) is 0 Å². The summed E-state index contributed by atoms with van der Waals surface area (Å²) in [4.78, 5) is 24.1. The van der Waals surface area contributed by atoms with Crippen LogP contribution in [0.1, 0.15) is 44.7 Å². The third-order valence-corrected chi connectivity index (χ3v) is 5.51. The van der Waals surface area contributed by atoms with Gasteiger partial charge in [0.05, 0.1) is 12.7 Å². The summed E-state index contributed by atoms with van der Waals surface area (Å²) in [6.45, 7) is 0.626. The Labute approximate surface area is 179 Å². The van der Waals surface area contributed by atoms with Crippen LogP contribution in [0.2, 0.25) is 0 Å². The molecule has 31 heavy (non-hydrogen) atoms. The molecule has 3 aromatic rings. The minimum Gasteiger partial charge on any atom is -0.465 e. The summed E-state index contributed by atoms with van der Waals surface area (Å²) in [6.07, 6.45) is 1.69. The van der Waals surface area contributed by atoms with Crippen molar-refractivity contribution in [3.63, 3.8) is 0 Å². The van der Waals surface area contributed by atoms with Crippen LogP contribution in [0.15, 0.2) is 72.8 Å². The highest BCUT2D eigenvalue weighted by atomic mass is 19.1. The smallest absolute Gasteiger partial charge is 0.337 e. The second kappa shape index (κ2) is 8.70. The van der Waals surface area contributed by atoms with E-state index < -0.39 is 11.6 Å². The van der Waals surface area contributed by atoms with E-state index in [2.05, 4.69) is 10.1 Å². The Kier molecular flexibility index (Phi) is 5.82. The standard InChI is InChI=1S/C25H22FNO4/c1-30-24(29)18-5-13-22(14-6-18)27-23(28)17-3-7-19(8-4-17)25(15-2-16-31-25)20-9-11-21(26)12-10-20/h3-14H,2,15-16H2,1H3,(H,27,28). The lowest BCUT2D eigenvalue weighted by molar-refractivity contribution is 0.0359. The molecule has 1 atom stereocenters. The molecule has 0 spiro atoms. The van der Waals surface area contributed by atoms with Gasteiger partial charge in [-0.3, -0.25) is 4.79 Å². The van der Waals surface area contributed by atoms with Gasteiger partial charge in [-0.25, -0.2) is 9.18 Å². The van der Waals surface area contributed by atoms with E-state index in [-0.39, 0.29) is 11.7 Å². The molecule has 1 amide bonds. The molecule has 1 saturated heterocycles. The molecule has 3 aromatic carbocycles. The van der Waals surface area contributed by atoms with E-state index in [1.54, 1.807) is 48.5 Å². The van der Waals surface area contributed by atoms with Crippen LogP contribution in [-0.4, -0.2) is 25.6 Å². The van der Waals surface area contributed by atoms with Crippen molar-refractivity contribution in [2.45, 2.75) is 18.4 Å². The first-order valence-corrected chi connectivity index (χ1v) is 10.0. The Bertz CT molecular complexity index is 1070. The molecule has 0 saturated carbocycles. The van der Waals surface area contributed by atoms with E-state index in [9.17, 15) is 14.0 Å². The number of rotatable bonds is 5. The molecule has 1 fully saturated rings. The van der Waals surface area contributed by atoms with E-state index in [0.717, 1.165) is 24.0 Å². The quantitative estimate of drug-likeness (QED) is 0.597. The Hall–Kier alpha value is -3.51. The molecule has 0 radical (unpaired) electrons. The molecule has 0 bridgehead atoms. The van der Waals surface area contributed by atoms with Crippen molar-refractivity contribution >= 4 is 17.6 Å². The Balaban J connectivity index is 1.52. The van der Waals surface area contributed by atoms with Crippen LogP contribution < -0.4 is 5.32 Å². The molecule has 1 heterocycles. The van der Waals surface area contributed by atoms with Gasteiger partial charge in [0.1, 0.15) is 11.4 Å². The first-order chi connectivity index (χ1) is 15.0. The number of nitrogens with one attached hydrogen (secondary N) is 1. The summed E-state index contributed by atoms with van der Waals surface area (Å²) in [5.41, 5.74) is 2.67. The van der Waals surface area contributed by atoms with E-state index in [1.807, 2.05) is 12.1 Å². The van der Waals surface area contributed by atoms with Gasteiger partial charge in [0.25, 0.3) is 5.91 Å². The number of halogens is 1. The van der Waals surface area contributed by atoms with Crippen molar-refractivity contribution in [1.29, 1.82) is 0 Å². The van der Waals surface area contributed by atoms with Crippen molar-refractivity contribution in [1.82, 2.24) is 0 Å². The van der Waals surface area contributed by atoms with E-state index in [1.165, 1.54) is 19.2 Å². The maximum atomic E-state index is 13.4. The molecule has 1 N–H and O–H groups in total. The van der Waals surface area contributed by atoms with E-state index >= 15 is 0 Å². The molecule has 0 aromatic heterocycles. The van der Waals surface area contributed by atoms with Crippen molar-refractivity contribution in [3.05, 3.63) is 101 Å². The molecular formula is C25H22FNO4. The van der Waals surface area contributed by atoms with Crippen molar-refractivity contribution < 1.29 is 23.5 Å². The number of ether oxygens (including phenoxy) is 2. The molecule has 158 valence electrons. The van der Waals surface area contributed by atoms with Crippen molar-refractivity contribution in [3.8, 4) is 0 Å². The number of esters is 1. The second-order valence-electron chi connectivity index (χ2n) is 7.39. The summed E-state index contributed by atoms with van der Waals surface area (Å²) in [5.74, 6) is -0.984. The van der Waals surface area contributed by atoms with Crippen LogP contribution in [0.25, 0.3) is 0 Å². The van der Waals surface area contributed by atoms with Crippen molar-refractivity contribution in [2.75, 3.05) is 19.0 Å². The zero-order valence-corrected chi connectivity index (χ0v) is 17.1. The molecule has 1 unspecified atom stereocenters. The topological polar surface area (TPSA) is 64.6 Å². The van der Waals surface area contributed by atoms with Crippen LogP contribution in [0.3, 0.4) is 0 Å². The Morgan fingerprint density at radius 3 is 2.03 bits per heavy atom. The number of amides is 1. The average molecular weight is 419 g/mol. The number of hydrogen-bond acceptors (Lipinski definition) is 4.